The van der Waals surface area contributed by atoms with Crippen LogP contribution < -0.4 is 5.32 Å². The van der Waals surface area contributed by atoms with Crippen LogP contribution in [0.25, 0.3) is 0 Å². The van der Waals surface area contributed by atoms with Crippen molar-refractivity contribution in [1.82, 2.24) is 25.3 Å². The summed E-state index contributed by atoms with van der Waals surface area (Å²) in [5.74, 6) is 2.25. The van der Waals surface area contributed by atoms with Crippen molar-refractivity contribution in [2.45, 2.75) is 51.6 Å². The molecule has 1 saturated carbocycles. The monoisotopic (exact) mass is 321 g/mol. The Morgan fingerprint density at radius 2 is 2.00 bits per heavy atom. The van der Waals surface area contributed by atoms with Gasteiger partial charge >= 0.3 is 0 Å². The molecule has 7 nitrogen and oxygen atoms in total. The summed E-state index contributed by atoms with van der Waals surface area (Å²) >= 11 is 0. The molecule has 23 heavy (non-hydrogen) atoms. The van der Waals surface area contributed by atoms with E-state index in [1.807, 2.05) is 6.92 Å². The summed E-state index contributed by atoms with van der Waals surface area (Å²) in [7, 11) is 0. The minimum absolute atomic E-state index is 0.124. The summed E-state index contributed by atoms with van der Waals surface area (Å²) < 4.78 is 5.34. The third-order valence-corrected chi connectivity index (χ3v) is 4.64. The van der Waals surface area contributed by atoms with Crippen LogP contribution in [0.15, 0.2) is 4.52 Å². The second-order valence-electron chi connectivity index (χ2n) is 6.75. The van der Waals surface area contributed by atoms with Gasteiger partial charge in [-0.3, -0.25) is 14.6 Å². The maximum Gasteiger partial charge on any atom is 0.240 e. The Labute approximate surface area is 137 Å². The molecule has 0 radical (unpaired) electrons. The highest BCUT2D eigenvalue weighted by atomic mass is 16.5. The first-order valence-electron chi connectivity index (χ1n) is 8.70. The van der Waals surface area contributed by atoms with Crippen LogP contribution in [0.3, 0.4) is 0 Å². The van der Waals surface area contributed by atoms with Gasteiger partial charge in [0.2, 0.25) is 11.8 Å². The average Bonchev–Trinajstić information content (AvgIpc) is 3.29. The van der Waals surface area contributed by atoms with Crippen molar-refractivity contribution >= 4 is 5.91 Å². The lowest BCUT2D eigenvalue weighted by molar-refractivity contribution is -0.123. The number of carbonyl (C=O) groups excluding carboxylic acids is 1. The van der Waals surface area contributed by atoms with Crippen molar-refractivity contribution in [3.05, 3.63) is 11.7 Å². The normalized spacial score (nSPS) is 21.3. The molecule has 1 aliphatic heterocycles. The molecule has 2 fully saturated rings. The fraction of sp³-hybridized carbons (Fsp3) is 0.812. The summed E-state index contributed by atoms with van der Waals surface area (Å²) in [6.07, 6.45) is 3.35. The number of hydrogen-bond acceptors (Lipinski definition) is 6. The molecular weight excluding hydrogens is 294 g/mol. The number of rotatable bonds is 7. The van der Waals surface area contributed by atoms with Crippen LogP contribution >= 0.6 is 0 Å². The Balaban J connectivity index is 1.38. The zero-order valence-corrected chi connectivity index (χ0v) is 14.1. The molecular formula is C16H27N5O2. The molecule has 3 rings (SSSR count). The highest BCUT2D eigenvalue weighted by Gasteiger charge is 2.29. The highest BCUT2D eigenvalue weighted by molar-refractivity contribution is 5.78. The van der Waals surface area contributed by atoms with E-state index >= 15 is 0 Å². The van der Waals surface area contributed by atoms with E-state index in [0.717, 1.165) is 44.3 Å². The van der Waals surface area contributed by atoms with Crippen LogP contribution in [-0.2, 0) is 11.3 Å². The predicted octanol–water partition coefficient (Wildman–Crippen LogP) is 0.979. The van der Waals surface area contributed by atoms with Gasteiger partial charge < -0.3 is 9.84 Å². The molecule has 1 saturated heterocycles. The van der Waals surface area contributed by atoms with Crippen LogP contribution in [0.2, 0.25) is 0 Å². The van der Waals surface area contributed by atoms with Crippen molar-refractivity contribution in [3.8, 4) is 0 Å². The molecule has 0 aromatic carbocycles. The lowest BCUT2D eigenvalue weighted by Gasteiger charge is -2.33. The molecule has 1 aliphatic carbocycles. The molecule has 1 N–H and O–H groups in total. The molecule has 128 valence electrons. The van der Waals surface area contributed by atoms with Crippen molar-refractivity contribution in [2.24, 2.45) is 0 Å². The zero-order valence-electron chi connectivity index (χ0n) is 14.1. The van der Waals surface area contributed by atoms with E-state index < -0.39 is 0 Å². The topological polar surface area (TPSA) is 74.5 Å². The highest BCUT2D eigenvalue weighted by Crippen LogP contribution is 2.38. The van der Waals surface area contributed by atoms with Gasteiger partial charge in [-0.25, -0.2) is 0 Å². The Morgan fingerprint density at radius 1 is 1.30 bits per heavy atom. The lowest BCUT2D eigenvalue weighted by atomic mass is 10.2. The maximum atomic E-state index is 11.9. The number of aromatic nitrogens is 2. The number of amides is 1. The van der Waals surface area contributed by atoms with Gasteiger partial charge in [0, 0.05) is 38.1 Å². The van der Waals surface area contributed by atoms with Crippen LogP contribution in [0.5, 0.6) is 0 Å². The molecule has 0 bridgehead atoms. The van der Waals surface area contributed by atoms with Crippen LogP contribution in [0.4, 0.5) is 0 Å². The minimum Gasteiger partial charge on any atom is -0.353 e. The molecule has 1 aromatic heterocycles. The summed E-state index contributed by atoms with van der Waals surface area (Å²) in [5, 5.41) is 7.08. The van der Waals surface area contributed by atoms with Gasteiger partial charge in [-0.2, -0.15) is 4.98 Å². The first kappa shape index (κ1) is 16.4. The third-order valence-electron chi connectivity index (χ3n) is 4.64. The Hall–Kier alpha value is -1.47. The van der Waals surface area contributed by atoms with E-state index in [1.54, 1.807) is 0 Å². The summed E-state index contributed by atoms with van der Waals surface area (Å²) in [6, 6.07) is 0.252. The van der Waals surface area contributed by atoms with Crippen LogP contribution in [0, 0.1) is 0 Å². The fourth-order valence-corrected chi connectivity index (χ4v) is 2.76. The summed E-state index contributed by atoms with van der Waals surface area (Å²) in [5.41, 5.74) is 0. The number of nitrogens with one attached hydrogen (secondary N) is 1. The van der Waals surface area contributed by atoms with Gasteiger partial charge in [0.05, 0.1) is 13.1 Å². The smallest absolute Gasteiger partial charge is 0.240 e. The van der Waals surface area contributed by atoms with Gasteiger partial charge in [-0.15, -0.1) is 0 Å². The minimum atomic E-state index is 0.124. The zero-order chi connectivity index (χ0) is 16.2. The Bertz CT molecular complexity index is 520. The second kappa shape index (κ2) is 7.40. The number of hydrogen-bond donors (Lipinski definition) is 1. The molecule has 2 aliphatic rings. The van der Waals surface area contributed by atoms with E-state index in [9.17, 15) is 4.79 Å². The average molecular weight is 321 g/mol. The van der Waals surface area contributed by atoms with Gasteiger partial charge in [0.1, 0.15) is 0 Å². The SMILES string of the molecule is CCC(C)NC(=O)CN1CCN(Cc2nc(C3CC3)no2)CC1. The van der Waals surface area contributed by atoms with E-state index in [1.165, 1.54) is 12.8 Å². The van der Waals surface area contributed by atoms with Crippen molar-refractivity contribution in [3.63, 3.8) is 0 Å². The lowest BCUT2D eigenvalue weighted by Crippen LogP contribution is -2.49. The van der Waals surface area contributed by atoms with E-state index in [0.29, 0.717) is 19.0 Å². The molecule has 1 unspecified atom stereocenters. The van der Waals surface area contributed by atoms with Gasteiger partial charge in [0.15, 0.2) is 5.82 Å². The predicted molar refractivity (Wildman–Crippen MR) is 85.9 cm³/mol. The standard InChI is InChI=1S/C16H27N5O2/c1-3-12(2)17-14(22)10-20-6-8-21(9-7-20)11-15-18-16(19-23-15)13-4-5-13/h12-13H,3-11H2,1-2H3,(H,17,22). The Morgan fingerprint density at radius 3 is 2.65 bits per heavy atom. The number of nitrogens with zero attached hydrogens (tertiary/aromatic N) is 4. The van der Waals surface area contributed by atoms with Crippen molar-refractivity contribution < 1.29 is 9.32 Å². The number of piperazine rings is 1. The van der Waals surface area contributed by atoms with Crippen LogP contribution in [-0.4, -0.2) is 64.6 Å². The summed E-state index contributed by atoms with van der Waals surface area (Å²) in [6.45, 7) is 8.98. The van der Waals surface area contributed by atoms with E-state index in [4.69, 9.17) is 4.52 Å². The second-order valence-corrected chi connectivity index (χ2v) is 6.75. The first-order chi connectivity index (χ1) is 11.1. The van der Waals surface area contributed by atoms with Crippen molar-refractivity contribution in [2.75, 3.05) is 32.7 Å². The Kier molecular flexibility index (Phi) is 5.27. The maximum absolute atomic E-state index is 11.9. The third kappa shape index (κ3) is 4.75. The molecule has 1 amide bonds. The summed E-state index contributed by atoms with van der Waals surface area (Å²) in [4.78, 5) is 20.9. The molecule has 1 atom stereocenters. The fourth-order valence-electron chi connectivity index (χ4n) is 2.76. The van der Waals surface area contributed by atoms with Crippen molar-refractivity contribution in [1.29, 1.82) is 0 Å². The molecule has 2 heterocycles. The van der Waals surface area contributed by atoms with E-state index in [-0.39, 0.29) is 11.9 Å². The quantitative estimate of drug-likeness (QED) is 0.807. The van der Waals surface area contributed by atoms with Gasteiger partial charge in [0.25, 0.3) is 0 Å². The van der Waals surface area contributed by atoms with Crippen LogP contribution in [0.1, 0.15) is 50.7 Å². The first-order valence-corrected chi connectivity index (χ1v) is 8.70. The van der Waals surface area contributed by atoms with Gasteiger partial charge in [-0.05, 0) is 26.2 Å². The molecule has 7 heteroatoms. The molecule has 1 aromatic rings. The number of carbonyl (C=O) groups is 1. The largest absolute Gasteiger partial charge is 0.353 e. The molecule has 0 spiro atoms. The van der Waals surface area contributed by atoms with Gasteiger partial charge in [-0.1, -0.05) is 12.1 Å². The van der Waals surface area contributed by atoms with E-state index in [2.05, 4.69) is 32.2 Å².